The highest BCUT2D eigenvalue weighted by Crippen LogP contribution is 2.53. The fraction of sp³-hybridized carbons (Fsp3) is 0.800. The first-order valence-electron chi connectivity index (χ1n) is 6.88. The molecule has 1 heterocycles. The van der Waals surface area contributed by atoms with E-state index in [9.17, 15) is 4.79 Å². The predicted octanol–water partition coefficient (Wildman–Crippen LogP) is 3.32. The summed E-state index contributed by atoms with van der Waals surface area (Å²) in [7, 11) is 0. The third kappa shape index (κ3) is 1.73. The zero-order valence-corrected chi connectivity index (χ0v) is 11.1. The lowest BCUT2D eigenvalue weighted by Crippen LogP contribution is -2.12. The van der Waals surface area contributed by atoms with Crippen LogP contribution in [0.25, 0.3) is 0 Å². The largest absolute Gasteiger partial charge is 0.462 e. The lowest BCUT2D eigenvalue weighted by molar-refractivity contribution is -0.135. The maximum atomic E-state index is 11.9. The molecule has 1 saturated heterocycles. The van der Waals surface area contributed by atoms with Gasteiger partial charge in [0.2, 0.25) is 0 Å². The number of hydrogen-bond acceptors (Lipinski definition) is 2. The molecule has 3 rings (SSSR count). The molecule has 0 amide bonds. The number of hydrogen-bond donors (Lipinski definition) is 0. The molecule has 0 N–H and O–H groups in total. The van der Waals surface area contributed by atoms with E-state index in [1.54, 1.807) is 0 Å². The third-order valence-corrected chi connectivity index (χ3v) is 4.94. The number of carbonyl (C=O) groups is 1. The van der Waals surface area contributed by atoms with Gasteiger partial charge in [-0.3, -0.25) is 0 Å². The second kappa shape index (κ2) is 3.60. The van der Waals surface area contributed by atoms with Gasteiger partial charge in [-0.2, -0.15) is 0 Å². The van der Waals surface area contributed by atoms with Gasteiger partial charge in [0.05, 0.1) is 6.61 Å². The molecule has 0 aromatic rings. The van der Waals surface area contributed by atoms with E-state index < -0.39 is 0 Å². The van der Waals surface area contributed by atoms with Crippen LogP contribution in [0.4, 0.5) is 0 Å². The number of cyclic esters (lactones) is 1. The van der Waals surface area contributed by atoms with E-state index in [1.165, 1.54) is 18.4 Å². The average molecular weight is 234 g/mol. The van der Waals surface area contributed by atoms with Crippen LogP contribution in [-0.2, 0) is 9.53 Å². The van der Waals surface area contributed by atoms with Gasteiger partial charge in [0, 0.05) is 11.5 Å². The molecule has 0 unspecified atom stereocenters. The van der Waals surface area contributed by atoms with Crippen LogP contribution in [0.2, 0.25) is 0 Å². The fourth-order valence-electron chi connectivity index (χ4n) is 4.07. The Morgan fingerprint density at radius 3 is 2.82 bits per heavy atom. The molecule has 94 valence electrons. The second-order valence-corrected chi connectivity index (χ2v) is 6.94. The minimum atomic E-state index is -0.0122. The van der Waals surface area contributed by atoms with Gasteiger partial charge in [-0.15, -0.1) is 0 Å². The lowest BCUT2D eigenvalue weighted by Gasteiger charge is -2.21. The van der Waals surface area contributed by atoms with Crippen molar-refractivity contribution in [1.29, 1.82) is 0 Å². The Morgan fingerprint density at radius 2 is 2.06 bits per heavy atom. The summed E-state index contributed by atoms with van der Waals surface area (Å²) in [5.74, 6) is 1.76. The van der Waals surface area contributed by atoms with Crippen LogP contribution in [0.1, 0.15) is 46.5 Å². The Hall–Kier alpha value is -0.790. The first-order valence-corrected chi connectivity index (χ1v) is 6.88. The quantitative estimate of drug-likeness (QED) is 0.601. The van der Waals surface area contributed by atoms with E-state index in [2.05, 4.69) is 20.8 Å². The van der Waals surface area contributed by atoms with Crippen molar-refractivity contribution in [2.75, 3.05) is 6.61 Å². The van der Waals surface area contributed by atoms with Gasteiger partial charge in [-0.25, -0.2) is 4.79 Å². The topological polar surface area (TPSA) is 26.3 Å². The van der Waals surface area contributed by atoms with Crippen LogP contribution in [0.15, 0.2) is 11.1 Å². The monoisotopic (exact) mass is 234 g/mol. The van der Waals surface area contributed by atoms with E-state index in [-0.39, 0.29) is 5.97 Å². The molecule has 3 aliphatic rings. The number of esters is 1. The fourth-order valence-corrected chi connectivity index (χ4v) is 4.07. The van der Waals surface area contributed by atoms with E-state index in [0.717, 1.165) is 24.3 Å². The smallest absolute Gasteiger partial charge is 0.334 e. The summed E-state index contributed by atoms with van der Waals surface area (Å²) in [5.41, 5.74) is 2.89. The highest BCUT2D eigenvalue weighted by molar-refractivity contribution is 5.92. The summed E-state index contributed by atoms with van der Waals surface area (Å²) < 4.78 is 5.27. The summed E-state index contributed by atoms with van der Waals surface area (Å²) in [5, 5.41) is 0. The number of allylic oxidation sites excluding steroid dienone is 1. The minimum Gasteiger partial charge on any atom is -0.462 e. The Bertz CT molecular complexity index is 392. The molecule has 17 heavy (non-hydrogen) atoms. The SMILES string of the molecule is C[C@H]1CC[C@H]2COC(=O)C2=C2CC(C)(C)C[C@H]21. The van der Waals surface area contributed by atoms with Gasteiger partial charge < -0.3 is 4.74 Å². The number of rotatable bonds is 0. The van der Waals surface area contributed by atoms with Gasteiger partial charge in [0.15, 0.2) is 0 Å². The van der Waals surface area contributed by atoms with E-state index >= 15 is 0 Å². The van der Waals surface area contributed by atoms with E-state index in [0.29, 0.717) is 23.9 Å². The van der Waals surface area contributed by atoms with Crippen LogP contribution in [0.5, 0.6) is 0 Å². The predicted molar refractivity (Wildman–Crippen MR) is 66.4 cm³/mol. The summed E-state index contributed by atoms with van der Waals surface area (Å²) in [6, 6.07) is 0. The number of fused-ring (bicyclic) bond motifs is 2. The second-order valence-electron chi connectivity index (χ2n) is 6.94. The molecule has 2 aliphatic carbocycles. The Labute approximate surface area is 103 Å². The molecule has 0 bridgehead atoms. The lowest BCUT2D eigenvalue weighted by atomic mass is 9.84. The molecular weight excluding hydrogens is 212 g/mol. The molecule has 2 heteroatoms. The van der Waals surface area contributed by atoms with E-state index in [4.69, 9.17) is 4.74 Å². The standard InChI is InChI=1S/C15H22O2/c1-9-4-5-10-8-17-14(16)13(10)12-7-15(2,3)6-11(9)12/h9-11H,4-8H2,1-3H3/t9-,10-,11-/m0/s1. The van der Waals surface area contributed by atoms with Crippen LogP contribution in [0, 0.1) is 23.2 Å². The highest BCUT2D eigenvalue weighted by Gasteiger charge is 2.45. The van der Waals surface area contributed by atoms with Crippen molar-refractivity contribution in [2.45, 2.75) is 46.5 Å². The Balaban J connectivity index is 2.07. The molecule has 2 fully saturated rings. The number of carbonyl (C=O) groups excluding carboxylic acids is 1. The van der Waals surface area contributed by atoms with Crippen molar-refractivity contribution in [1.82, 2.24) is 0 Å². The summed E-state index contributed by atoms with van der Waals surface area (Å²) in [4.78, 5) is 11.9. The van der Waals surface area contributed by atoms with Crippen LogP contribution in [0.3, 0.4) is 0 Å². The van der Waals surface area contributed by atoms with Gasteiger partial charge in [-0.05, 0) is 42.9 Å². The zero-order chi connectivity index (χ0) is 12.2. The highest BCUT2D eigenvalue weighted by atomic mass is 16.5. The van der Waals surface area contributed by atoms with Crippen LogP contribution < -0.4 is 0 Å². The summed E-state index contributed by atoms with van der Waals surface area (Å²) >= 11 is 0. The Kier molecular flexibility index (Phi) is 2.39. The van der Waals surface area contributed by atoms with Crippen molar-refractivity contribution >= 4 is 5.97 Å². The van der Waals surface area contributed by atoms with E-state index in [1.807, 2.05) is 0 Å². The van der Waals surface area contributed by atoms with Gasteiger partial charge in [-0.1, -0.05) is 26.3 Å². The summed E-state index contributed by atoms with van der Waals surface area (Å²) in [6.07, 6.45) is 4.73. The van der Waals surface area contributed by atoms with Gasteiger partial charge in [0.25, 0.3) is 0 Å². The molecular formula is C15H22O2. The van der Waals surface area contributed by atoms with Gasteiger partial charge >= 0.3 is 5.97 Å². The van der Waals surface area contributed by atoms with Crippen LogP contribution in [-0.4, -0.2) is 12.6 Å². The molecule has 0 aromatic heterocycles. The van der Waals surface area contributed by atoms with Crippen molar-refractivity contribution < 1.29 is 9.53 Å². The molecule has 1 saturated carbocycles. The third-order valence-electron chi connectivity index (χ3n) is 4.94. The molecule has 3 atom stereocenters. The minimum absolute atomic E-state index is 0.0122. The molecule has 0 spiro atoms. The first-order chi connectivity index (χ1) is 7.98. The van der Waals surface area contributed by atoms with Crippen LogP contribution >= 0.6 is 0 Å². The molecule has 0 radical (unpaired) electrons. The van der Waals surface area contributed by atoms with Gasteiger partial charge in [0.1, 0.15) is 0 Å². The molecule has 0 aromatic carbocycles. The maximum Gasteiger partial charge on any atom is 0.334 e. The summed E-state index contributed by atoms with van der Waals surface area (Å²) in [6.45, 7) is 7.66. The normalized spacial score (nSPS) is 39.7. The Morgan fingerprint density at radius 1 is 1.29 bits per heavy atom. The maximum absolute atomic E-state index is 11.9. The molecule has 2 nitrogen and oxygen atoms in total. The van der Waals surface area contributed by atoms with Crippen molar-refractivity contribution in [2.24, 2.45) is 23.2 Å². The average Bonchev–Trinajstić information content (AvgIpc) is 2.72. The van der Waals surface area contributed by atoms with Crippen molar-refractivity contribution in [3.8, 4) is 0 Å². The first kappa shape index (κ1) is 11.3. The van der Waals surface area contributed by atoms with Crippen molar-refractivity contribution in [3.05, 3.63) is 11.1 Å². The zero-order valence-electron chi connectivity index (χ0n) is 11.1. The number of ether oxygens (including phenoxy) is 1. The molecule has 1 aliphatic heterocycles. The van der Waals surface area contributed by atoms with Crippen molar-refractivity contribution in [3.63, 3.8) is 0 Å².